The number of aryl methyl sites for hydroxylation is 1. The zero-order chi connectivity index (χ0) is 14.0. The van der Waals surface area contributed by atoms with Crippen LogP contribution in [0.4, 0.5) is 0 Å². The van der Waals surface area contributed by atoms with Gasteiger partial charge in [-0.3, -0.25) is 9.69 Å². The number of hydrogen-bond donors (Lipinski definition) is 0. The van der Waals surface area contributed by atoms with E-state index in [1.54, 1.807) is 4.90 Å². The number of imidazole rings is 1. The van der Waals surface area contributed by atoms with Crippen molar-refractivity contribution in [1.82, 2.24) is 19.4 Å². The van der Waals surface area contributed by atoms with Gasteiger partial charge < -0.3 is 9.47 Å². The van der Waals surface area contributed by atoms with Gasteiger partial charge in [-0.2, -0.15) is 0 Å². The third-order valence-electron chi connectivity index (χ3n) is 3.98. The number of amides is 1. The Morgan fingerprint density at radius 3 is 2.84 bits per heavy atom. The van der Waals surface area contributed by atoms with E-state index < -0.39 is 0 Å². The van der Waals surface area contributed by atoms with Crippen LogP contribution in [0.25, 0.3) is 0 Å². The summed E-state index contributed by atoms with van der Waals surface area (Å²) in [7, 11) is 5.69. The predicted molar refractivity (Wildman–Crippen MR) is 74.5 cm³/mol. The Labute approximate surface area is 115 Å². The molecule has 1 atom stereocenters. The lowest BCUT2D eigenvalue weighted by Crippen LogP contribution is -2.49. The number of carbonyl (C=O) groups is 1. The fraction of sp³-hybridized carbons (Fsp3) is 0.714. The van der Waals surface area contributed by atoms with Gasteiger partial charge >= 0.3 is 0 Å². The van der Waals surface area contributed by atoms with Gasteiger partial charge in [0.25, 0.3) is 0 Å². The fourth-order valence-corrected chi connectivity index (χ4v) is 2.94. The molecule has 1 aromatic heterocycles. The largest absolute Gasteiger partial charge is 0.348 e. The van der Waals surface area contributed by atoms with Crippen molar-refractivity contribution in [3.63, 3.8) is 0 Å². The van der Waals surface area contributed by atoms with E-state index in [1.165, 1.54) is 0 Å². The van der Waals surface area contributed by atoms with E-state index >= 15 is 0 Å². The summed E-state index contributed by atoms with van der Waals surface area (Å²) >= 11 is 0. The van der Waals surface area contributed by atoms with Crippen molar-refractivity contribution >= 4 is 5.91 Å². The third-order valence-corrected chi connectivity index (χ3v) is 3.98. The lowest BCUT2D eigenvalue weighted by Gasteiger charge is -2.40. The van der Waals surface area contributed by atoms with Crippen LogP contribution >= 0.6 is 0 Å². The summed E-state index contributed by atoms with van der Waals surface area (Å²) in [6.07, 6.45) is 5.83. The molecule has 0 unspecified atom stereocenters. The van der Waals surface area contributed by atoms with Crippen LogP contribution in [0.2, 0.25) is 0 Å². The van der Waals surface area contributed by atoms with Crippen LogP contribution in [0.1, 0.15) is 25.6 Å². The first kappa shape index (κ1) is 14.1. The average molecular weight is 264 g/mol. The zero-order valence-corrected chi connectivity index (χ0v) is 12.4. The summed E-state index contributed by atoms with van der Waals surface area (Å²) in [6.45, 7) is 4.76. The Morgan fingerprint density at radius 1 is 1.53 bits per heavy atom. The highest BCUT2D eigenvalue weighted by Crippen LogP contribution is 2.31. The highest BCUT2D eigenvalue weighted by atomic mass is 16.2. The van der Waals surface area contributed by atoms with Crippen LogP contribution in [0.3, 0.4) is 0 Å². The molecule has 5 nitrogen and oxygen atoms in total. The minimum absolute atomic E-state index is 0.233. The molecule has 5 heteroatoms. The second-order valence-corrected chi connectivity index (χ2v) is 6.03. The molecule has 1 aliphatic heterocycles. The number of likely N-dealkylation sites (tertiary alicyclic amines) is 1. The maximum atomic E-state index is 12.3. The second kappa shape index (κ2) is 5.33. The summed E-state index contributed by atoms with van der Waals surface area (Å²) in [5.41, 5.74) is -0.257. The maximum Gasteiger partial charge on any atom is 0.229 e. The number of carbonyl (C=O) groups excluding carboxylic acids is 1. The van der Waals surface area contributed by atoms with Crippen LogP contribution in [-0.4, -0.2) is 52.4 Å². The van der Waals surface area contributed by atoms with E-state index in [9.17, 15) is 4.79 Å². The van der Waals surface area contributed by atoms with E-state index in [2.05, 4.69) is 16.8 Å². The molecule has 1 fully saturated rings. The lowest BCUT2D eigenvalue weighted by molar-refractivity contribution is -0.141. The molecule has 0 spiro atoms. The second-order valence-electron chi connectivity index (χ2n) is 6.03. The molecule has 0 radical (unpaired) electrons. The van der Waals surface area contributed by atoms with Gasteiger partial charge in [-0.25, -0.2) is 4.98 Å². The molecule has 2 heterocycles. The highest BCUT2D eigenvalue weighted by Gasteiger charge is 2.38. The molecule has 106 valence electrons. The van der Waals surface area contributed by atoms with Crippen LogP contribution < -0.4 is 0 Å². The van der Waals surface area contributed by atoms with Crippen molar-refractivity contribution in [2.45, 2.75) is 26.3 Å². The maximum absolute atomic E-state index is 12.3. The topological polar surface area (TPSA) is 41.4 Å². The molecule has 0 aliphatic carbocycles. The number of rotatable bonds is 3. The van der Waals surface area contributed by atoms with Crippen molar-refractivity contribution < 1.29 is 4.79 Å². The Bertz CT molecular complexity index is 454. The summed E-state index contributed by atoms with van der Waals surface area (Å²) in [6, 6.07) is 0. The summed E-state index contributed by atoms with van der Waals surface area (Å²) in [5, 5.41) is 0. The first-order chi connectivity index (χ1) is 8.92. The summed E-state index contributed by atoms with van der Waals surface area (Å²) in [5.74, 6) is 1.29. The van der Waals surface area contributed by atoms with Crippen LogP contribution in [0.5, 0.6) is 0 Å². The molecule has 1 aromatic rings. The van der Waals surface area contributed by atoms with Gasteiger partial charge in [0.2, 0.25) is 5.91 Å². The Hall–Kier alpha value is -1.36. The quantitative estimate of drug-likeness (QED) is 0.821. The van der Waals surface area contributed by atoms with Crippen LogP contribution in [0, 0.1) is 5.41 Å². The van der Waals surface area contributed by atoms with Gasteiger partial charge in [-0.05, 0) is 26.3 Å². The van der Waals surface area contributed by atoms with Crippen molar-refractivity contribution in [3.05, 3.63) is 18.2 Å². The van der Waals surface area contributed by atoms with Gasteiger partial charge in [-0.1, -0.05) is 0 Å². The molecule has 2 rings (SSSR count). The van der Waals surface area contributed by atoms with E-state index in [4.69, 9.17) is 0 Å². The van der Waals surface area contributed by atoms with Gasteiger partial charge in [0, 0.05) is 40.1 Å². The van der Waals surface area contributed by atoms with Crippen LogP contribution in [0.15, 0.2) is 12.4 Å². The Morgan fingerprint density at radius 2 is 2.26 bits per heavy atom. The summed E-state index contributed by atoms with van der Waals surface area (Å²) < 4.78 is 2.04. The summed E-state index contributed by atoms with van der Waals surface area (Å²) in [4.78, 5) is 20.7. The number of hydrogen-bond acceptors (Lipinski definition) is 3. The minimum Gasteiger partial charge on any atom is -0.348 e. The molecule has 0 bridgehead atoms. The fourth-order valence-electron chi connectivity index (χ4n) is 2.94. The molecule has 1 saturated heterocycles. The average Bonchev–Trinajstić information content (AvgIpc) is 2.74. The van der Waals surface area contributed by atoms with Gasteiger partial charge in [0.1, 0.15) is 5.82 Å². The Kier molecular flexibility index (Phi) is 3.94. The van der Waals surface area contributed by atoms with Gasteiger partial charge in [0.05, 0.1) is 12.0 Å². The van der Waals surface area contributed by atoms with E-state index in [1.807, 2.05) is 38.1 Å². The molecule has 0 saturated carbocycles. The normalized spacial score (nSPS) is 24.4. The molecular weight excluding hydrogens is 240 g/mol. The zero-order valence-electron chi connectivity index (χ0n) is 12.4. The SMILES string of the molecule is CN(C)C(=O)[C@]1(C)CCCN(Cc2nccn2C)C1. The Balaban J connectivity index is 2.05. The molecular formula is C14H24N4O. The smallest absolute Gasteiger partial charge is 0.229 e. The van der Waals surface area contributed by atoms with Crippen LogP contribution in [-0.2, 0) is 18.4 Å². The third kappa shape index (κ3) is 2.97. The molecule has 1 aliphatic rings. The number of nitrogens with zero attached hydrogens (tertiary/aromatic N) is 4. The van der Waals surface area contributed by atoms with Gasteiger partial charge in [0.15, 0.2) is 0 Å². The van der Waals surface area contributed by atoms with Crippen molar-refractivity contribution in [2.75, 3.05) is 27.2 Å². The highest BCUT2D eigenvalue weighted by molar-refractivity contribution is 5.82. The van der Waals surface area contributed by atoms with E-state index in [0.29, 0.717) is 0 Å². The standard InChI is InChI=1S/C14H24N4O/c1-14(13(19)16(2)3)6-5-8-18(11-14)10-12-15-7-9-17(12)4/h7,9H,5-6,8,10-11H2,1-4H3/t14-/m1/s1. The van der Waals surface area contributed by atoms with Gasteiger partial charge in [-0.15, -0.1) is 0 Å². The lowest BCUT2D eigenvalue weighted by atomic mass is 9.80. The van der Waals surface area contributed by atoms with E-state index in [0.717, 1.165) is 38.3 Å². The van der Waals surface area contributed by atoms with Crippen molar-refractivity contribution in [1.29, 1.82) is 0 Å². The first-order valence-corrected chi connectivity index (χ1v) is 6.83. The first-order valence-electron chi connectivity index (χ1n) is 6.83. The molecule has 1 amide bonds. The monoisotopic (exact) mass is 264 g/mol. The van der Waals surface area contributed by atoms with Crippen molar-refractivity contribution in [3.8, 4) is 0 Å². The minimum atomic E-state index is -0.257. The van der Waals surface area contributed by atoms with Crippen molar-refractivity contribution in [2.24, 2.45) is 12.5 Å². The number of aromatic nitrogens is 2. The predicted octanol–water partition coefficient (Wildman–Crippen LogP) is 1.11. The molecule has 0 aromatic carbocycles. The molecule has 0 N–H and O–H groups in total. The molecule has 19 heavy (non-hydrogen) atoms. The number of piperidine rings is 1. The van der Waals surface area contributed by atoms with E-state index in [-0.39, 0.29) is 11.3 Å².